The van der Waals surface area contributed by atoms with Crippen molar-refractivity contribution in [3.8, 4) is 11.8 Å². The number of nitrogens with two attached hydrogens (primary N) is 1. The molecule has 6 nitrogen and oxygen atoms in total. The molecule has 1 heterocycles. The predicted molar refractivity (Wildman–Crippen MR) is 69.0 cm³/mol. The van der Waals surface area contributed by atoms with E-state index in [1.807, 2.05) is 0 Å². The van der Waals surface area contributed by atoms with Gasteiger partial charge in [-0.2, -0.15) is 9.97 Å². The van der Waals surface area contributed by atoms with Crippen molar-refractivity contribution < 1.29 is 9.47 Å². The average molecular weight is 252 g/mol. The highest BCUT2D eigenvalue weighted by atomic mass is 16.5. The van der Waals surface area contributed by atoms with Gasteiger partial charge in [-0.3, -0.25) is 0 Å². The van der Waals surface area contributed by atoms with Crippen LogP contribution in [0.5, 0.6) is 11.8 Å². The van der Waals surface area contributed by atoms with Gasteiger partial charge in [0.15, 0.2) is 0 Å². The summed E-state index contributed by atoms with van der Waals surface area (Å²) in [6, 6.07) is 1.65. The van der Waals surface area contributed by atoms with Gasteiger partial charge in [0.2, 0.25) is 17.7 Å². The monoisotopic (exact) mass is 252 g/mol. The molecule has 0 atom stereocenters. The van der Waals surface area contributed by atoms with Crippen LogP contribution >= 0.6 is 0 Å². The molecule has 0 aromatic carbocycles. The topological polar surface area (TPSA) is 82.3 Å². The van der Waals surface area contributed by atoms with E-state index in [4.69, 9.17) is 15.2 Å². The summed E-state index contributed by atoms with van der Waals surface area (Å²) in [6.45, 7) is 1.57. The smallest absolute Gasteiger partial charge is 0.229 e. The Morgan fingerprint density at radius 3 is 2.33 bits per heavy atom. The maximum Gasteiger partial charge on any atom is 0.229 e. The second-order valence-corrected chi connectivity index (χ2v) is 4.67. The maximum absolute atomic E-state index is 5.62. The second kappa shape index (κ2) is 5.39. The van der Waals surface area contributed by atoms with Gasteiger partial charge in [0, 0.05) is 6.54 Å². The van der Waals surface area contributed by atoms with Crippen LogP contribution in [-0.4, -0.2) is 37.3 Å². The van der Waals surface area contributed by atoms with Gasteiger partial charge >= 0.3 is 0 Å². The fourth-order valence-electron chi connectivity index (χ4n) is 1.96. The molecule has 0 unspecified atom stereocenters. The quantitative estimate of drug-likeness (QED) is 0.754. The number of methoxy groups -OCH3 is 2. The van der Waals surface area contributed by atoms with Crippen LogP contribution in [0, 0.1) is 5.41 Å². The van der Waals surface area contributed by atoms with Crippen molar-refractivity contribution >= 4 is 5.95 Å². The largest absolute Gasteiger partial charge is 0.481 e. The molecule has 0 amide bonds. The summed E-state index contributed by atoms with van der Waals surface area (Å²) in [6.07, 6.45) is 3.48. The Labute approximate surface area is 107 Å². The van der Waals surface area contributed by atoms with Crippen LogP contribution in [-0.2, 0) is 0 Å². The molecule has 100 valence electrons. The van der Waals surface area contributed by atoms with Crippen LogP contribution in [0.4, 0.5) is 5.95 Å². The normalized spacial score (nSPS) is 16.2. The van der Waals surface area contributed by atoms with Crippen LogP contribution in [0.3, 0.4) is 0 Å². The third kappa shape index (κ3) is 3.01. The molecule has 1 fully saturated rings. The van der Waals surface area contributed by atoms with Crippen molar-refractivity contribution in [2.45, 2.75) is 19.3 Å². The highest BCUT2D eigenvalue weighted by Crippen LogP contribution is 2.48. The number of anilines is 1. The Morgan fingerprint density at radius 1 is 1.28 bits per heavy atom. The van der Waals surface area contributed by atoms with Gasteiger partial charge in [-0.25, -0.2) is 0 Å². The van der Waals surface area contributed by atoms with Gasteiger partial charge in [0.1, 0.15) is 0 Å². The van der Waals surface area contributed by atoms with E-state index >= 15 is 0 Å². The van der Waals surface area contributed by atoms with E-state index in [9.17, 15) is 0 Å². The third-order valence-corrected chi connectivity index (χ3v) is 3.35. The number of hydrogen-bond acceptors (Lipinski definition) is 6. The molecule has 1 saturated carbocycles. The van der Waals surface area contributed by atoms with Crippen LogP contribution in [0.15, 0.2) is 6.07 Å². The van der Waals surface area contributed by atoms with E-state index in [2.05, 4.69) is 15.3 Å². The zero-order chi connectivity index (χ0) is 13.0. The van der Waals surface area contributed by atoms with Crippen LogP contribution in [0.1, 0.15) is 19.3 Å². The van der Waals surface area contributed by atoms with E-state index in [1.165, 1.54) is 12.8 Å². The lowest BCUT2D eigenvalue weighted by atomic mass is 10.0. The van der Waals surface area contributed by atoms with E-state index in [0.29, 0.717) is 23.1 Å². The minimum atomic E-state index is 0.342. The van der Waals surface area contributed by atoms with E-state index in [-0.39, 0.29) is 0 Å². The molecule has 1 aromatic heterocycles. The number of nitrogens with zero attached hydrogens (tertiary/aromatic N) is 2. The molecular weight excluding hydrogens is 232 g/mol. The molecule has 1 aliphatic rings. The van der Waals surface area contributed by atoms with Crippen molar-refractivity contribution in [2.75, 3.05) is 32.6 Å². The zero-order valence-electron chi connectivity index (χ0n) is 10.9. The van der Waals surface area contributed by atoms with Crippen LogP contribution < -0.4 is 20.5 Å². The molecule has 18 heavy (non-hydrogen) atoms. The SMILES string of the molecule is COc1cc(OC)nc(NCC2(CCN)CC2)n1. The number of ether oxygens (including phenoxy) is 2. The first kappa shape index (κ1) is 12.9. The molecule has 1 aliphatic carbocycles. The van der Waals surface area contributed by atoms with Crippen LogP contribution in [0.2, 0.25) is 0 Å². The first-order valence-corrected chi connectivity index (χ1v) is 6.12. The minimum Gasteiger partial charge on any atom is -0.481 e. The van der Waals surface area contributed by atoms with E-state index in [1.54, 1.807) is 20.3 Å². The summed E-state index contributed by atoms with van der Waals surface area (Å²) in [7, 11) is 3.14. The Bertz CT molecular complexity index is 385. The lowest BCUT2D eigenvalue weighted by Gasteiger charge is -2.15. The summed E-state index contributed by atoms with van der Waals surface area (Å²) >= 11 is 0. The molecule has 0 spiro atoms. The van der Waals surface area contributed by atoms with Crippen molar-refractivity contribution in [3.05, 3.63) is 6.07 Å². The molecular formula is C12H20N4O2. The van der Waals surface area contributed by atoms with Gasteiger partial charge in [0.05, 0.1) is 20.3 Å². The lowest BCUT2D eigenvalue weighted by molar-refractivity contribution is 0.372. The Kier molecular flexibility index (Phi) is 3.86. The molecule has 6 heteroatoms. The molecule has 0 aliphatic heterocycles. The molecule has 2 rings (SSSR count). The lowest BCUT2D eigenvalue weighted by Crippen LogP contribution is -2.20. The number of aromatic nitrogens is 2. The summed E-state index contributed by atoms with van der Waals surface area (Å²) < 4.78 is 10.2. The first-order chi connectivity index (χ1) is 8.71. The average Bonchev–Trinajstić information content (AvgIpc) is 3.16. The first-order valence-electron chi connectivity index (χ1n) is 6.12. The van der Waals surface area contributed by atoms with Gasteiger partial charge in [-0.05, 0) is 31.2 Å². The maximum atomic E-state index is 5.62. The minimum absolute atomic E-state index is 0.342. The summed E-state index contributed by atoms with van der Waals surface area (Å²) in [5.41, 5.74) is 5.96. The fourth-order valence-corrected chi connectivity index (χ4v) is 1.96. The van der Waals surface area contributed by atoms with Gasteiger partial charge in [-0.15, -0.1) is 0 Å². The highest BCUT2D eigenvalue weighted by molar-refractivity contribution is 5.34. The standard InChI is InChI=1S/C12H20N4O2/c1-17-9-7-10(18-2)16-11(15-9)14-8-12(3-4-12)5-6-13/h7H,3-6,8,13H2,1-2H3,(H,14,15,16). The second-order valence-electron chi connectivity index (χ2n) is 4.67. The van der Waals surface area contributed by atoms with Gasteiger partial charge < -0.3 is 20.5 Å². The molecule has 0 saturated heterocycles. The van der Waals surface area contributed by atoms with E-state index < -0.39 is 0 Å². The van der Waals surface area contributed by atoms with E-state index in [0.717, 1.165) is 19.5 Å². The summed E-state index contributed by atoms with van der Waals surface area (Å²) in [5.74, 6) is 1.52. The van der Waals surface area contributed by atoms with Crippen molar-refractivity contribution in [1.29, 1.82) is 0 Å². The number of nitrogens with one attached hydrogen (secondary N) is 1. The van der Waals surface area contributed by atoms with Crippen molar-refractivity contribution in [3.63, 3.8) is 0 Å². The van der Waals surface area contributed by atoms with Gasteiger partial charge in [-0.1, -0.05) is 0 Å². The molecule has 3 N–H and O–H groups in total. The summed E-state index contributed by atoms with van der Waals surface area (Å²) in [5, 5.41) is 3.24. The number of rotatable bonds is 7. The molecule has 1 aromatic rings. The Hall–Kier alpha value is -1.56. The van der Waals surface area contributed by atoms with Crippen molar-refractivity contribution in [2.24, 2.45) is 11.1 Å². The van der Waals surface area contributed by atoms with Crippen molar-refractivity contribution in [1.82, 2.24) is 9.97 Å². The Balaban J connectivity index is 2.00. The van der Waals surface area contributed by atoms with Gasteiger partial charge in [0.25, 0.3) is 0 Å². The zero-order valence-corrected chi connectivity index (χ0v) is 10.9. The fraction of sp³-hybridized carbons (Fsp3) is 0.667. The Morgan fingerprint density at radius 2 is 1.89 bits per heavy atom. The third-order valence-electron chi connectivity index (χ3n) is 3.35. The molecule has 0 radical (unpaired) electrons. The van der Waals surface area contributed by atoms with Crippen LogP contribution in [0.25, 0.3) is 0 Å². The molecule has 0 bridgehead atoms. The number of hydrogen-bond donors (Lipinski definition) is 2. The predicted octanol–water partition coefficient (Wildman–Crippen LogP) is 1.03. The highest BCUT2D eigenvalue weighted by Gasteiger charge is 2.41. The summed E-state index contributed by atoms with van der Waals surface area (Å²) in [4.78, 5) is 8.47.